The van der Waals surface area contributed by atoms with Crippen molar-refractivity contribution in [3.63, 3.8) is 0 Å². The molecule has 2 aromatic rings. The van der Waals surface area contributed by atoms with Crippen molar-refractivity contribution in [3.05, 3.63) is 41.0 Å². The fraction of sp³-hybridized carbons (Fsp3) is 0.389. The molecule has 0 aliphatic rings. The van der Waals surface area contributed by atoms with Crippen LogP contribution >= 0.6 is 0 Å². The van der Waals surface area contributed by atoms with E-state index >= 15 is 0 Å². The number of amides is 1. The van der Waals surface area contributed by atoms with E-state index in [0.29, 0.717) is 11.6 Å². The molecule has 5 nitrogen and oxygen atoms in total. The van der Waals surface area contributed by atoms with Gasteiger partial charge in [-0.25, -0.2) is 0 Å². The van der Waals surface area contributed by atoms with Crippen LogP contribution in [0.15, 0.2) is 24.3 Å². The van der Waals surface area contributed by atoms with Crippen molar-refractivity contribution in [2.75, 3.05) is 10.6 Å². The van der Waals surface area contributed by atoms with Crippen LogP contribution in [0.2, 0.25) is 0 Å². The van der Waals surface area contributed by atoms with Gasteiger partial charge in [-0.05, 0) is 44.0 Å². The van der Waals surface area contributed by atoms with E-state index in [1.165, 1.54) is 5.56 Å². The molecule has 0 unspecified atom stereocenters. The maximum absolute atomic E-state index is 11.9. The summed E-state index contributed by atoms with van der Waals surface area (Å²) in [5.74, 6) is 1.01. The highest BCUT2D eigenvalue weighted by atomic mass is 16.2. The van der Waals surface area contributed by atoms with Crippen LogP contribution < -0.4 is 10.6 Å². The lowest BCUT2D eigenvalue weighted by atomic mass is 9.96. The fourth-order valence-electron chi connectivity index (χ4n) is 2.27. The number of hydrogen-bond donors (Lipinski definition) is 2. The molecule has 0 atom stereocenters. The highest BCUT2D eigenvalue weighted by Crippen LogP contribution is 2.25. The molecule has 2 N–H and O–H groups in total. The lowest BCUT2D eigenvalue weighted by molar-refractivity contribution is -0.123. The summed E-state index contributed by atoms with van der Waals surface area (Å²) in [7, 11) is 0. The molecule has 0 aliphatic heterocycles. The summed E-state index contributed by atoms with van der Waals surface area (Å²) < 4.78 is 0. The molecule has 0 fully saturated rings. The number of aryl methyl sites for hydroxylation is 3. The molecule has 0 radical (unpaired) electrons. The summed E-state index contributed by atoms with van der Waals surface area (Å²) in [6.45, 7) is 11.8. The second-order valence-electron chi connectivity index (χ2n) is 6.91. The molecular weight excluding hydrogens is 288 g/mol. The fourth-order valence-corrected chi connectivity index (χ4v) is 2.27. The van der Waals surface area contributed by atoms with Crippen molar-refractivity contribution in [1.29, 1.82) is 0 Å². The van der Waals surface area contributed by atoms with Crippen LogP contribution in [-0.2, 0) is 4.79 Å². The molecule has 122 valence electrons. The molecule has 0 saturated carbocycles. The van der Waals surface area contributed by atoms with Gasteiger partial charge in [0.1, 0.15) is 0 Å². The van der Waals surface area contributed by atoms with Gasteiger partial charge in [0.05, 0.1) is 0 Å². The van der Waals surface area contributed by atoms with Crippen molar-refractivity contribution in [3.8, 4) is 0 Å². The zero-order valence-electron chi connectivity index (χ0n) is 14.6. The van der Waals surface area contributed by atoms with Crippen molar-refractivity contribution < 1.29 is 4.79 Å². The van der Waals surface area contributed by atoms with Gasteiger partial charge in [-0.3, -0.25) is 4.79 Å². The molecule has 2 rings (SSSR count). The highest BCUT2D eigenvalue weighted by molar-refractivity contribution is 5.93. The minimum Gasteiger partial charge on any atom is -0.338 e. The van der Waals surface area contributed by atoms with Crippen LogP contribution in [0.1, 0.15) is 37.5 Å². The first-order valence-electron chi connectivity index (χ1n) is 7.67. The number of rotatable bonds is 3. The van der Waals surface area contributed by atoms with Crippen LogP contribution in [-0.4, -0.2) is 16.1 Å². The highest BCUT2D eigenvalue weighted by Gasteiger charge is 2.21. The quantitative estimate of drug-likeness (QED) is 0.894. The Balaban J connectivity index is 2.14. The van der Waals surface area contributed by atoms with E-state index in [1.807, 2.05) is 26.8 Å². The third-order valence-corrected chi connectivity index (χ3v) is 3.52. The first-order valence-corrected chi connectivity index (χ1v) is 7.67. The average molecular weight is 312 g/mol. The smallest absolute Gasteiger partial charge is 0.230 e. The molecule has 5 heteroatoms. The topological polar surface area (TPSA) is 66.9 Å². The summed E-state index contributed by atoms with van der Waals surface area (Å²) >= 11 is 0. The normalized spacial score (nSPS) is 11.2. The number of benzene rings is 1. The number of hydrogen-bond acceptors (Lipinski definition) is 4. The SMILES string of the molecule is Cc1cc(C)c(Nc2ccc(NC(=O)C(C)(C)C)nn2)c(C)c1. The Morgan fingerprint density at radius 3 is 1.96 bits per heavy atom. The van der Waals surface area contributed by atoms with Gasteiger partial charge in [-0.2, -0.15) is 0 Å². The third kappa shape index (κ3) is 4.28. The summed E-state index contributed by atoms with van der Waals surface area (Å²) in [6, 6.07) is 7.81. The van der Waals surface area contributed by atoms with Crippen LogP contribution in [0.4, 0.5) is 17.3 Å². The van der Waals surface area contributed by atoms with Gasteiger partial charge < -0.3 is 10.6 Å². The van der Waals surface area contributed by atoms with Gasteiger partial charge in [0.15, 0.2) is 11.6 Å². The molecule has 0 saturated heterocycles. The number of carbonyl (C=O) groups is 1. The Morgan fingerprint density at radius 1 is 0.957 bits per heavy atom. The summed E-state index contributed by atoms with van der Waals surface area (Å²) in [5.41, 5.74) is 4.13. The van der Waals surface area contributed by atoms with Gasteiger partial charge in [0.25, 0.3) is 0 Å². The Kier molecular flexibility index (Phi) is 4.68. The Labute approximate surface area is 137 Å². The van der Waals surface area contributed by atoms with E-state index in [9.17, 15) is 4.79 Å². The molecule has 1 heterocycles. The number of carbonyl (C=O) groups excluding carboxylic acids is 1. The minimum atomic E-state index is -0.464. The van der Waals surface area contributed by atoms with Gasteiger partial charge in [-0.1, -0.05) is 38.5 Å². The Hall–Kier alpha value is -2.43. The average Bonchev–Trinajstić information content (AvgIpc) is 2.43. The van der Waals surface area contributed by atoms with Crippen molar-refractivity contribution in [2.45, 2.75) is 41.5 Å². The summed E-state index contributed by atoms with van der Waals surface area (Å²) in [5, 5.41) is 14.3. The lowest BCUT2D eigenvalue weighted by Gasteiger charge is -2.17. The number of nitrogens with one attached hydrogen (secondary N) is 2. The predicted octanol–water partition coefficient (Wildman–Crippen LogP) is 4.13. The number of aromatic nitrogens is 2. The molecule has 0 bridgehead atoms. The van der Waals surface area contributed by atoms with Crippen molar-refractivity contribution >= 4 is 23.2 Å². The first kappa shape index (κ1) is 16.9. The van der Waals surface area contributed by atoms with Crippen LogP contribution in [0, 0.1) is 26.2 Å². The Morgan fingerprint density at radius 2 is 1.48 bits per heavy atom. The molecule has 23 heavy (non-hydrogen) atoms. The minimum absolute atomic E-state index is 0.0854. The van der Waals surface area contributed by atoms with E-state index in [2.05, 4.69) is 53.7 Å². The van der Waals surface area contributed by atoms with E-state index in [0.717, 1.165) is 16.8 Å². The monoisotopic (exact) mass is 312 g/mol. The molecule has 1 amide bonds. The van der Waals surface area contributed by atoms with E-state index in [1.54, 1.807) is 6.07 Å². The third-order valence-electron chi connectivity index (χ3n) is 3.52. The maximum atomic E-state index is 11.9. The van der Waals surface area contributed by atoms with Crippen LogP contribution in [0.5, 0.6) is 0 Å². The molecule has 0 spiro atoms. The van der Waals surface area contributed by atoms with Crippen molar-refractivity contribution in [1.82, 2.24) is 10.2 Å². The lowest BCUT2D eigenvalue weighted by Crippen LogP contribution is -2.28. The summed E-state index contributed by atoms with van der Waals surface area (Å²) in [6.07, 6.45) is 0. The zero-order valence-corrected chi connectivity index (χ0v) is 14.6. The van der Waals surface area contributed by atoms with Gasteiger partial charge in [0, 0.05) is 11.1 Å². The second-order valence-corrected chi connectivity index (χ2v) is 6.91. The van der Waals surface area contributed by atoms with Gasteiger partial charge in [0.2, 0.25) is 5.91 Å². The molecule has 1 aromatic carbocycles. The second kappa shape index (κ2) is 6.36. The first-order chi connectivity index (χ1) is 10.7. The standard InChI is InChI=1S/C18H24N4O/c1-11-9-12(2)16(13(3)10-11)19-14-7-8-15(22-21-14)20-17(23)18(4,5)6/h7-10H,1-6H3,(H,19,21)(H,20,22,23). The molecular formula is C18H24N4O. The van der Waals surface area contributed by atoms with E-state index in [4.69, 9.17) is 0 Å². The predicted molar refractivity (Wildman–Crippen MR) is 94.1 cm³/mol. The van der Waals surface area contributed by atoms with E-state index in [-0.39, 0.29) is 5.91 Å². The number of anilines is 3. The van der Waals surface area contributed by atoms with Gasteiger partial charge in [-0.15, -0.1) is 10.2 Å². The number of nitrogens with zero attached hydrogens (tertiary/aromatic N) is 2. The van der Waals surface area contributed by atoms with Crippen LogP contribution in [0.25, 0.3) is 0 Å². The molecule has 0 aliphatic carbocycles. The summed E-state index contributed by atoms with van der Waals surface area (Å²) in [4.78, 5) is 11.9. The largest absolute Gasteiger partial charge is 0.338 e. The van der Waals surface area contributed by atoms with Crippen LogP contribution in [0.3, 0.4) is 0 Å². The Bertz CT molecular complexity index is 692. The van der Waals surface area contributed by atoms with E-state index < -0.39 is 5.41 Å². The van der Waals surface area contributed by atoms with Crippen molar-refractivity contribution in [2.24, 2.45) is 5.41 Å². The maximum Gasteiger partial charge on any atom is 0.230 e. The molecule has 1 aromatic heterocycles. The zero-order chi connectivity index (χ0) is 17.2. The van der Waals surface area contributed by atoms with Gasteiger partial charge >= 0.3 is 0 Å².